The fraction of sp³-hybridized carbons (Fsp3) is 0.625. The van der Waals surface area contributed by atoms with Crippen molar-refractivity contribution in [2.45, 2.75) is 90.6 Å². The number of ether oxygens (including phenoxy) is 1. The van der Waals surface area contributed by atoms with Crippen molar-refractivity contribution < 1.29 is 24.2 Å². The van der Waals surface area contributed by atoms with E-state index in [1.807, 2.05) is 20.8 Å². The van der Waals surface area contributed by atoms with Crippen LogP contribution in [0.4, 0.5) is 4.79 Å². The van der Waals surface area contributed by atoms with Crippen LogP contribution in [0.5, 0.6) is 5.75 Å². The van der Waals surface area contributed by atoms with Crippen LogP contribution in [-0.2, 0) is 14.3 Å². The molecule has 1 aliphatic rings. The molecule has 1 aromatic carbocycles. The fourth-order valence-corrected chi connectivity index (χ4v) is 3.69. The first-order chi connectivity index (χ1) is 15.1. The Kier molecular flexibility index (Phi) is 8.32. The van der Waals surface area contributed by atoms with Crippen LogP contribution < -0.4 is 10.6 Å². The number of aryl methyl sites for hydroxylation is 1. The number of amides is 3. The number of benzene rings is 1. The van der Waals surface area contributed by atoms with E-state index in [1.165, 1.54) is 4.90 Å². The van der Waals surface area contributed by atoms with E-state index in [0.717, 1.165) is 12.8 Å². The second-order valence-electron chi connectivity index (χ2n) is 10.5. The van der Waals surface area contributed by atoms with Crippen molar-refractivity contribution in [1.29, 1.82) is 0 Å². The number of para-hydroxylation sites is 1. The summed E-state index contributed by atoms with van der Waals surface area (Å²) in [5.41, 5.74) is -0.341. The zero-order chi connectivity index (χ0) is 25.1. The largest absolute Gasteiger partial charge is 0.507 e. The summed E-state index contributed by atoms with van der Waals surface area (Å²) in [7, 11) is 0. The maximum absolute atomic E-state index is 13.7. The number of rotatable bonds is 7. The van der Waals surface area contributed by atoms with Crippen molar-refractivity contribution >= 4 is 30.5 Å². The molecular weight excluding hydrogens is 442 g/mol. The molecule has 0 spiro atoms. The predicted octanol–water partition coefficient (Wildman–Crippen LogP) is 3.47. The first-order valence-corrected chi connectivity index (χ1v) is 11.8. The minimum atomic E-state index is -1.06. The Morgan fingerprint density at radius 2 is 1.79 bits per heavy atom. The summed E-state index contributed by atoms with van der Waals surface area (Å²) in [5, 5.41) is 16.3. The van der Waals surface area contributed by atoms with Crippen LogP contribution in [0.3, 0.4) is 0 Å². The van der Waals surface area contributed by atoms with Crippen molar-refractivity contribution in [1.82, 2.24) is 15.5 Å². The molecule has 0 saturated heterocycles. The van der Waals surface area contributed by atoms with Gasteiger partial charge in [0.25, 0.3) is 0 Å². The van der Waals surface area contributed by atoms with Crippen LogP contribution in [-0.4, -0.2) is 56.9 Å². The summed E-state index contributed by atoms with van der Waals surface area (Å²) in [4.78, 5) is 41.0. The average Bonchev–Trinajstić information content (AvgIpc) is 3.48. The van der Waals surface area contributed by atoms with E-state index < -0.39 is 41.1 Å². The number of phenolic OH excluding ortho intramolecular Hbond substituents is 1. The van der Waals surface area contributed by atoms with Crippen molar-refractivity contribution in [3.63, 3.8) is 0 Å². The Morgan fingerprint density at radius 3 is 2.27 bits per heavy atom. The first-order valence-electron chi connectivity index (χ1n) is 11.2. The van der Waals surface area contributed by atoms with Gasteiger partial charge in [-0.15, -0.1) is 0 Å². The van der Waals surface area contributed by atoms with Gasteiger partial charge in [-0.25, -0.2) is 4.79 Å². The molecule has 0 aromatic heterocycles. The Morgan fingerprint density at radius 1 is 1.18 bits per heavy atom. The van der Waals surface area contributed by atoms with Crippen LogP contribution in [0.25, 0.3) is 0 Å². The molecular formula is C24H37N3O5S. The second-order valence-corrected chi connectivity index (χ2v) is 10.9. The van der Waals surface area contributed by atoms with Crippen LogP contribution >= 0.6 is 12.6 Å². The normalized spacial score (nSPS) is 15.9. The van der Waals surface area contributed by atoms with E-state index in [2.05, 4.69) is 23.3 Å². The molecule has 1 aromatic rings. The summed E-state index contributed by atoms with van der Waals surface area (Å²) < 4.78 is 5.30. The minimum absolute atomic E-state index is 0.0225. The molecule has 0 aliphatic heterocycles. The van der Waals surface area contributed by atoms with E-state index in [0.29, 0.717) is 11.1 Å². The molecule has 2 rings (SSSR count). The van der Waals surface area contributed by atoms with Crippen LogP contribution in [0.15, 0.2) is 18.2 Å². The molecule has 1 fully saturated rings. The smallest absolute Gasteiger partial charge is 0.408 e. The third-order valence-corrected chi connectivity index (χ3v) is 5.32. The molecule has 3 N–H and O–H groups in total. The van der Waals surface area contributed by atoms with Crippen molar-refractivity contribution in [3.8, 4) is 5.75 Å². The standard InChI is InChI=1S/C24H37N3O5S/c1-14-9-8-10-16(19(14)28)18(20(29)26-23(2,3)4)27(15-11-12-15)21(30)17(13-33)25-22(31)32-24(5,6)7/h8-10,15,17-18,28,33H,11-13H2,1-7H3,(H,25,31)(H,26,29). The summed E-state index contributed by atoms with van der Waals surface area (Å²) >= 11 is 4.27. The van der Waals surface area contributed by atoms with Gasteiger partial charge in [-0.05, 0) is 66.9 Å². The van der Waals surface area contributed by atoms with Gasteiger partial charge in [-0.3, -0.25) is 9.59 Å². The number of nitrogens with one attached hydrogen (secondary N) is 2. The average molecular weight is 480 g/mol. The van der Waals surface area contributed by atoms with Gasteiger partial charge >= 0.3 is 6.09 Å². The Balaban J connectivity index is 2.46. The van der Waals surface area contributed by atoms with Crippen LogP contribution in [0.1, 0.15) is 71.6 Å². The maximum Gasteiger partial charge on any atom is 0.408 e. The number of carbonyl (C=O) groups is 3. The molecule has 3 amide bonds. The van der Waals surface area contributed by atoms with E-state index in [1.54, 1.807) is 45.9 Å². The quantitative estimate of drug-likeness (QED) is 0.448. The van der Waals surface area contributed by atoms with Gasteiger partial charge < -0.3 is 25.4 Å². The summed E-state index contributed by atoms with van der Waals surface area (Å²) in [6.07, 6.45) is 0.715. The monoisotopic (exact) mass is 479 g/mol. The van der Waals surface area contributed by atoms with Gasteiger partial charge in [-0.1, -0.05) is 18.2 Å². The molecule has 1 aliphatic carbocycles. The lowest BCUT2D eigenvalue weighted by Crippen LogP contribution is -2.55. The van der Waals surface area contributed by atoms with E-state index in [-0.39, 0.29) is 17.5 Å². The number of alkyl carbamates (subject to hydrolysis) is 1. The third-order valence-electron chi connectivity index (χ3n) is 4.95. The van der Waals surface area contributed by atoms with Crippen molar-refractivity contribution in [3.05, 3.63) is 29.3 Å². The summed E-state index contributed by atoms with van der Waals surface area (Å²) in [6.45, 7) is 12.5. The number of hydrogen-bond donors (Lipinski definition) is 4. The van der Waals surface area contributed by atoms with Crippen molar-refractivity contribution in [2.24, 2.45) is 0 Å². The van der Waals surface area contributed by atoms with Crippen LogP contribution in [0, 0.1) is 6.92 Å². The second kappa shape index (κ2) is 10.2. The molecule has 0 radical (unpaired) electrons. The molecule has 1 saturated carbocycles. The molecule has 33 heavy (non-hydrogen) atoms. The molecule has 2 unspecified atom stereocenters. The van der Waals surface area contributed by atoms with Gasteiger partial charge in [-0.2, -0.15) is 12.6 Å². The molecule has 184 valence electrons. The SMILES string of the molecule is Cc1cccc(C(C(=O)NC(C)(C)C)N(C(=O)C(CS)NC(=O)OC(C)(C)C)C2CC2)c1O. The van der Waals surface area contributed by atoms with Gasteiger partial charge in [0.05, 0.1) is 0 Å². The van der Waals surface area contributed by atoms with Crippen LogP contribution in [0.2, 0.25) is 0 Å². The van der Waals surface area contributed by atoms with Gasteiger partial charge in [0, 0.05) is 22.9 Å². The molecule has 9 heteroatoms. The summed E-state index contributed by atoms with van der Waals surface area (Å²) in [5.74, 6) is -0.867. The lowest BCUT2D eigenvalue weighted by Gasteiger charge is -2.36. The topological polar surface area (TPSA) is 108 Å². The number of aromatic hydroxyl groups is 1. The summed E-state index contributed by atoms with van der Waals surface area (Å²) in [6, 6.07) is 2.88. The number of hydrogen-bond acceptors (Lipinski definition) is 6. The molecule has 0 heterocycles. The number of nitrogens with zero attached hydrogens (tertiary/aromatic N) is 1. The highest BCUT2D eigenvalue weighted by Crippen LogP contribution is 2.39. The Labute approximate surface area is 201 Å². The molecule has 8 nitrogen and oxygen atoms in total. The van der Waals surface area contributed by atoms with Gasteiger partial charge in [0.1, 0.15) is 23.4 Å². The number of phenols is 1. The van der Waals surface area contributed by atoms with E-state index in [4.69, 9.17) is 4.74 Å². The highest BCUT2D eigenvalue weighted by molar-refractivity contribution is 7.80. The lowest BCUT2D eigenvalue weighted by atomic mass is 9.98. The molecule has 2 atom stereocenters. The highest BCUT2D eigenvalue weighted by Gasteiger charge is 2.45. The third kappa shape index (κ3) is 7.55. The number of carbonyl (C=O) groups excluding carboxylic acids is 3. The van der Waals surface area contributed by atoms with E-state index >= 15 is 0 Å². The lowest BCUT2D eigenvalue weighted by molar-refractivity contribution is -0.143. The zero-order valence-electron chi connectivity index (χ0n) is 20.6. The number of thiol groups is 1. The first kappa shape index (κ1) is 26.8. The fourth-order valence-electron chi connectivity index (χ4n) is 3.44. The van der Waals surface area contributed by atoms with Gasteiger partial charge in [0.2, 0.25) is 11.8 Å². The maximum atomic E-state index is 13.7. The minimum Gasteiger partial charge on any atom is -0.507 e. The molecule has 0 bridgehead atoms. The van der Waals surface area contributed by atoms with E-state index in [9.17, 15) is 19.5 Å². The highest BCUT2D eigenvalue weighted by atomic mass is 32.1. The predicted molar refractivity (Wildman–Crippen MR) is 130 cm³/mol. The zero-order valence-corrected chi connectivity index (χ0v) is 21.5. The van der Waals surface area contributed by atoms with Crippen molar-refractivity contribution in [2.75, 3.05) is 5.75 Å². The Bertz CT molecular complexity index is 887. The Hall–Kier alpha value is -2.42. The van der Waals surface area contributed by atoms with Gasteiger partial charge in [0.15, 0.2) is 0 Å².